The lowest BCUT2D eigenvalue weighted by Gasteiger charge is -2.72. The van der Waals surface area contributed by atoms with Crippen LogP contribution in [0.3, 0.4) is 0 Å². The van der Waals surface area contributed by atoms with E-state index in [9.17, 15) is 18.3 Å². The summed E-state index contributed by atoms with van der Waals surface area (Å²) in [6, 6.07) is 0. The molecule has 1 heterocycles. The Morgan fingerprint density at radius 3 is 2.37 bits per heavy atom. The number of likely N-dealkylation sites (tertiary alicyclic amines) is 1. The number of halogens is 1. The molecule has 2 N–H and O–H groups in total. The lowest BCUT2D eigenvalue weighted by atomic mass is 9.33. The number of aliphatic carboxylic acids is 1. The number of carboxylic acid groups (broad SMARTS) is 1. The van der Waals surface area contributed by atoms with Crippen molar-refractivity contribution in [1.82, 2.24) is 10.2 Å². The third-order valence-electron chi connectivity index (χ3n) is 18.7. The molecule has 7 aliphatic carbocycles. The van der Waals surface area contributed by atoms with Crippen molar-refractivity contribution in [2.24, 2.45) is 69.0 Å². The average Bonchev–Trinajstić information content (AvgIpc) is 3.29. The van der Waals surface area contributed by atoms with E-state index in [-0.39, 0.29) is 37.7 Å². The summed E-state index contributed by atoms with van der Waals surface area (Å²) in [6.45, 7) is 24.5. The van der Waals surface area contributed by atoms with Gasteiger partial charge >= 0.3 is 5.97 Å². The minimum Gasteiger partial charge on any atom is -0.481 e. The molecule has 8 aliphatic rings. The van der Waals surface area contributed by atoms with Crippen molar-refractivity contribution in [2.75, 3.05) is 25.9 Å². The van der Waals surface area contributed by atoms with E-state index in [2.05, 4.69) is 93.1 Å². The zero-order chi connectivity index (χ0) is 37.6. The number of carboxylic acids is 1. The number of sulfone groups is 1. The standard InChI is InChI=1S/C44H67IN2O4S/c1-26(2)28-12-17-44(46-20-21-47-25-40(5,24-35(47)45)52(9,50)51)19-18-42(7)32(37(28)44)10-11-34-41(6)15-13-31(27-22-29-30(23-27)36(29)38(48)49)39(3,4)33(41)14-16-43(34,42)8/h13,22,28-30,32-37,46H,1,10-12,14-21,23-25H2,2-9H3,(H,48,49)/t28-,29?,30?,32+,33-,34+,35+,36?,37+,40+,41-,42+,43+,44-/m0/s1. The fourth-order valence-corrected chi connectivity index (χ4v) is 18.2. The molecule has 0 spiro atoms. The van der Waals surface area contributed by atoms with Gasteiger partial charge in [-0.05, 0) is 159 Å². The molecule has 3 unspecified atom stereocenters. The molecule has 5 saturated carbocycles. The van der Waals surface area contributed by atoms with Gasteiger partial charge < -0.3 is 10.4 Å². The summed E-state index contributed by atoms with van der Waals surface area (Å²) in [4.78, 5) is 14.1. The molecular weight excluding hydrogens is 779 g/mol. The smallest absolute Gasteiger partial charge is 0.307 e. The van der Waals surface area contributed by atoms with E-state index < -0.39 is 20.6 Å². The Hall–Kier alpha value is -0.710. The van der Waals surface area contributed by atoms with Gasteiger partial charge in [0.25, 0.3) is 0 Å². The third kappa shape index (κ3) is 5.23. The first-order valence-corrected chi connectivity index (χ1v) is 23.9. The van der Waals surface area contributed by atoms with Crippen LogP contribution >= 0.6 is 22.6 Å². The number of alkyl halides is 1. The molecule has 52 heavy (non-hydrogen) atoms. The second kappa shape index (κ2) is 12.1. The lowest BCUT2D eigenvalue weighted by molar-refractivity contribution is -0.221. The van der Waals surface area contributed by atoms with E-state index in [1.54, 1.807) is 5.57 Å². The third-order valence-corrected chi connectivity index (χ3v) is 22.0. The summed E-state index contributed by atoms with van der Waals surface area (Å²) in [6.07, 6.45) is 19.4. The maximum atomic E-state index is 12.7. The number of fused-ring (bicyclic) bond motifs is 8. The zero-order valence-corrected chi connectivity index (χ0v) is 36.3. The van der Waals surface area contributed by atoms with Crippen molar-refractivity contribution in [3.8, 4) is 0 Å². The second-order valence-electron chi connectivity index (χ2n) is 21.1. The SMILES string of the molecule is C=C(C)[C@@H]1CC[C@]2(NCCN3C[C@](C)(S(C)(=O)=O)C[C@@H]3I)CC[C@]3(C)[C@H](CC[C@@H]4[C@@]5(C)CC=C(C6=CC7C(C6)C7C(=O)O)C(C)(C)[C@@H]5CC[C@]43C)[C@@H]12. The zero-order valence-electron chi connectivity index (χ0n) is 33.4. The van der Waals surface area contributed by atoms with Gasteiger partial charge in [-0.15, -0.1) is 0 Å². The molecule has 6 nitrogen and oxygen atoms in total. The van der Waals surface area contributed by atoms with E-state index in [4.69, 9.17) is 0 Å². The molecular formula is C44H67IN2O4S. The van der Waals surface area contributed by atoms with E-state index in [0.29, 0.717) is 53.9 Å². The van der Waals surface area contributed by atoms with Crippen LogP contribution in [0.15, 0.2) is 35.5 Å². The molecule has 1 aliphatic heterocycles. The Labute approximate surface area is 328 Å². The number of carbonyl (C=O) groups is 1. The Bertz CT molecular complexity index is 1720. The highest BCUT2D eigenvalue weighted by Gasteiger charge is 2.71. The molecule has 0 amide bonds. The highest BCUT2D eigenvalue weighted by atomic mass is 127. The van der Waals surface area contributed by atoms with Crippen LogP contribution in [-0.4, -0.2) is 64.6 Å². The topological polar surface area (TPSA) is 86.7 Å². The number of rotatable bonds is 8. The van der Waals surface area contributed by atoms with Crippen molar-refractivity contribution < 1.29 is 18.3 Å². The minimum atomic E-state index is -3.11. The quantitative estimate of drug-likeness (QED) is 0.110. The van der Waals surface area contributed by atoms with Crippen LogP contribution in [0, 0.1) is 69.0 Å². The monoisotopic (exact) mass is 846 g/mol. The second-order valence-corrected chi connectivity index (χ2v) is 25.1. The molecule has 0 aromatic carbocycles. The van der Waals surface area contributed by atoms with Gasteiger partial charge in [-0.1, -0.05) is 81.5 Å². The summed E-state index contributed by atoms with van der Waals surface area (Å²) >= 11 is 2.47. The molecule has 290 valence electrons. The molecule has 8 rings (SSSR count). The Balaban J connectivity index is 1.03. The van der Waals surface area contributed by atoms with E-state index in [1.165, 1.54) is 68.8 Å². The summed E-state index contributed by atoms with van der Waals surface area (Å²) in [5.74, 6) is 3.02. The van der Waals surface area contributed by atoms with Crippen LogP contribution < -0.4 is 5.32 Å². The highest BCUT2D eigenvalue weighted by Crippen LogP contribution is 2.77. The van der Waals surface area contributed by atoms with E-state index in [0.717, 1.165) is 25.9 Å². The number of nitrogens with one attached hydrogen (secondary N) is 1. The number of allylic oxidation sites excluding steroid dienone is 5. The van der Waals surface area contributed by atoms with Crippen molar-refractivity contribution in [3.63, 3.8) is 0 Å². The van der Waals surface area contributed by atoms with Gasteiger partial charge in [-0.25, -0.2) is 8.42 Å². The van der Waals surface area contributed by atoms with E-state index >= 15 is 0 Å². The van der Waals surface area contributed by atoms with Crippen molar-refractivity contribution in [1.29, 1.82) is 0 Å². The molecule has 0 aromatic heterocycles. The lowest BCUT2D eigenvalue weighted by Crippen LogP contribution is -2.68. The Morgan fingerprint density at radius 2 is 1.75 bits per heavy atom. The van der Waals surface area contributed by atoms with Gasteiger partial charge in [0.1, 0.15) is 0 Å². The van der Waals surface area contributed by atoms with Crippen LogP contribution in [0.25, 0.3) is 0 Å². The molecule has 0 radical (unpaired) electrons. The van der Waals surface area contributed by atoms with Crippen LogP contribution in [0.4, 0.5) is 0 Å². The first kappa shape index (κ1) is 38.2. The van der Waals surface area contributed by atoms with Crippen LogP contribution in [-0.2, 0) is 14.6 Å². The van der Waals surface area contributed by atoms with Crippen molar-refractivity contribution in [2.45, 2.75) is 133 Å². The molecule has 6 fully saturated rings. The summed E-state index contributed by atoms with van der Waals surface area (Å²) in [5.41, 5.74) is 5.46. The Morgan fingerprint density at radius 1 is 1.02 bits per heavy atom. The van der Waals surface area contributed by atoms with Crippen LogP contribution in [0.2, 0.25) is 0 Å². The van der Waals surface area contributed by atoms with Gasteiger partial charge in [0.2, 0.25) is 0 Å². The van der Waals surface area contributed by atoms with Crippen LogP contribution in [0.5, 0.6) is 0 Å². The predicted molar refractivity (Wildman–Crippen MR) is 219 cm³/mol. The summed E-state index contributed by atoms with van der Waals surface area (Å²) in [5, 5.41) is 13.9. The fourth-order valence-electron chi connectivity index (χ4n) is 15.6. The van der Waals surface area contributed by atoms with E-state index in [1.807, 2.05) is 6.92 Å². The maximum Gasteiger partial charge on any atom is 0.307 e. The molecule has 0 bridgehead atoms. The van der Waals surface area contributed by atoms with Gasteiger partial charge in [0.15, 0.2) is 9.84 Å². The maximum absolute atomic E-state index is 12.7. The molecule has 1 saturated heterocycles. The average molecular weight is 847 g/mol. The summed E-state index contributed by atoms with van der Waals surface area (Å²) in [7, 11) is -3.11. The van der Waals surface area contributed by atoms with Gasteiger partial charge in [-0.2, -0.15) is 0 Å². The molecule has 14 atom stereocenters. The number of hydrogen-bond acceptors (Lipinski definition) is 5. The summed E-state index contributed by atoms with van der Waals surface area (Å²) < 4.78 is 24.9. The van der Waals surface area contributed by atoms with Gasteiger partial charge in [0, 0.05) is 31.4 Å². The normalized spacial score (nSPS) is 50.6. The fraction of sp³-hybridized carbons (Fsp3) is 0.841. The minimum absolute atomic E-state index is 0.0978. The predicted octanol–water partition coefficient (Wildman–Crippen LogP) is 9.07. The molecule has 8 heteroatoms. The number of hydrogen-bond donors (Lipinski definition) is 2. The van der Waals surface area contributed by atoms with Gasteiger partial charge in [-0.3, -0.25) is 9.69 Å². The number of nitrogens with zero attached hydrogens (tertiary/aromatic N) is 1. The first-order valence-electron chi connectivity index (χ1n) is 20.8. The Kier molecular flexibility index (Phi) is 8.92. The van der Waals surface area contributed by atoms with Crippen LogP contribution in [0.1, 0.15) is 119 Å². The van der Waals surface area contributed by atoms with Gasteiger partial charge in [0.05, 0.1) is 14.7 Å². The largest absolute Gasteiger partial charge is 0.481 e. The van der Waals surface area contributed by atoms with Crippen molar-refractivity contribution in [3.05, 3.63) is 35.5 Å². The van der Waals surface area contributed by atoms with Crippen molar-refractivity contribution >= 4 is 38.4 Å². The molecule has 0 aromatic rings. The first-order chi connectivity index (χ1) is 24.1. The highest BCUT2D eigenvalue weighted by molar-refractivity contribution is 14.1.